The van der Waals surface area contributed by atoms with Gasteiger partial charge in [0, 0.05) is 56.4 Å². The number of nitrogens with zero attached hydrogens (tertiary/aromatic N) is 4. The highest BCUT2D eigenvalue weighted by Crippen LogP contribution is 2.28. The highest BCUT2D eigenvalue weighted by atomic mass is 16.6. The summed E-state index contributed by atoms with van der Waals surface area (Å²) >= 11 is 0. The summed E-state index contributed by atoms with van der Waals surface area (Å²) in [7, 11) is 0. The van der Waals surface area contributed by atoms with Crippen molar-refractivity contribution < 1.29 is 9.66 Å². The summed E-state index contributed by atoms with van der Waals surface area (Å²) in [5.74, 6) is 0.297. The van der Waals surface area contributed by atoms with E-state index in [1.807, 2.05) is 0 Å². The standard InChI is InChI=1S/C16H19N5O3/c22-21(23)15-11-14(13-1-3-17-4-2-13)12-19-16(15)18-5-6-20-7-9-24-10-8-20/h1-4,11-12H,5-10H2,(H,18,19). The van der Waals surface area contributed by atoms with E-state index in [4.69, 9.17) is 4.74 Å². The average Bonchev–Trinajstić information content (AvgIpc) is 2.63. The van der Waals surface area contributed by atoms with Gasteiger partial charge in [0.25, 0.3) is 0 Å². The maximum atomic E-state index is 11.4. The molecule has 1 saturated heterocycles. The molecule has 0 saturated carbocycles. The van der Waals surface area contributed by atoms with E-state index in [0.29, 0.717) is 17.9 Å². The van der Waals surface area contributed by atoms with Gasteiger partial charge in [0.15, 0.2) is 0 Å². The summed E-state index contributed by atoms with van der Waals surface area (Å²) in [5.41, 5.74) is 1.52. The Balaban J connectivity index is 1.69. The zero-order valence-corrected chi connectivity index (χ0v) is 13.2. The van der Waals surface area contributed by atoms with E-state index < -0.39 is 4.92 Å². The summed E-state index contributed by atoms with van der Waals surface area (Å²) < 4.78 is 5.30. The third-order valence-electron chi connectivity index (χ3n) is 3.90. The Hall–Kier alpha value is -2.58. The highest BCUT2D eigenvalue weighted by molar-refractivity contribution is 5.69. The van der Waals surface area contributed by atoms with E-state index in [9.17, 15) is 10.1 Å². The Bertz CT molecular complexity index is 689. The molecule has 126 valence electrons. The Morgan fingerprint density at radius 2 is 2.00 bits per heavy atom. The van der Waals surface area contributed by atoms with E-state index >= 15 is 0 Å². The molecule has 24 heavy (non-hydrogen) atoms. The van der Waals surface area contributed by atoms with E-state index in [0.717, 1.165) is 38.4 Å². The van der Waals surface area contributed by atoms with Crippen molar-refractivity contribution in [2.75, 3.05) is 44.7 Å². The largest absolute Gasteiger partial charge is 0.379 e. The Kier molecular flexibility index (Phi) is 5.29. The van der Waals surface area contributed by atoms with Gasteiger partial charge in [0.05, 0.1) is 18.1 Å². The SMILES string of the molecule is O=[N+]([O-])c1cc(-c2ccncc2)cnc1NCCN1CCOCC1. The van der Waals surface area contributed by atoms with Crippen LogP contribution >= 0.6 is 0 Å². The van der Waals surface area contributed by atoms with Crippen molar-refractivity contribution in [3.05, 3.63) is 46.9 Å². The molecule has 0 unspecified atom stereocenters. The number of nitrogens with one attached hydrogen (secondary N) is 1. The predicted molar refractivity (Wildman–Crippen MR) is 89.9 cm³/mol. The Morgan fingerprint density at radius 1 is 1.25 bits per heavy atom. The molecule has 0 aliphatic carbocycles. The number of ether oxygens (including phenoxy) is 1. The molecule has 0 bridgehead atoms. The molecular weight excluding hydrogens is 310 g/mol. The highest BCUT2D eigenvalue weighted by Gasteiger charge is 2.17. The zero-order valence-electron chi connectivity index (χ0n) is 13.2. The van der Waals surface area contributed by atoms with Crippen LogP contribution in [0.4, 0.5) is 11.5 Å². The lowest BCUT2D eigenvalue weighted by atomic mass is 10.1. The van der Waals surface area contributed by atoms with Crippen LogP contribution in [0, 0.1) is 10.1 Å². The first-order valence-electron chi connectivity index (χ1n) is 7.83. The second kappa shape index (κ2) is 7.80. The zero-order chi connectivity index (χ0) is 16.8. The molecule has 3 heterocycles. The molecule has 0 spiro atoms. The number of hydrogen-bond acceptors (Lipinski definition) is 7. The lowest BCUT2D eigenvalue weighted by molar-refractivity contribution is -0.384. The minimum absolute atomic E-state index is 0.0220. The molecule has 1 fully saturated rings. The first-order valence-corrected chi connectivity index (χ1v) is 7.83. The van der Waals surface area contributed by atoms with Gasteiger partial charge in [-0.1, -0.05) is 0 Å². The monoisotopic (exact) mass is 329 g/mol. The maximum absolute atomic E-state index is 11.4. The van der Waals surface area contributed by atoms with Crippen molar-refractivity contribution in [1.29, 1.82) is 0 Å². The second-order valence-corrected chi connectivity index (χ2v) is 5.47. The number of anilines is 1. The molecule has 1 aliphatic heterocycles. The van der Waals surface area contributed by atoms with Crippen LogP contribution in [0.25, 0.3) is 11.1 Å². The van der Waals surface area contributed by atoms with Crippen LogP contribution in [0.15, 0.2) is 36.8 Å². The molecule has 0 atom stereocenters. The number of rotatable bonds is 6. The van der Waals surface area contributed by atoms with Gasteiger partial charge in [-0.3, -0.25) is 20.0 Å². The summed E-state index contributed by atoms with van der Waals surface area (Å²) in [6.45, 7) is 4.64. The first-order chi connectivity index (χ1) is 11.7. The van der Waals surface area contributed by atoms with Crippen LogP contribution in [0.3, 0.4) is 0 Å². The normalized spacial score (nSPS) is 15.2. The van der Waals surface area contributed by atoms with Gasteiger partial charge >= 0.3 is 5.69 Å². The molecule has 2 aromatic heterocycles. The quantitative estimate of drug-likeness (QED) is 0.638. The van der Waals surface area contributed by atoms with Crippen molar-refractivity contribution in [1.82, 2.24) is 14.9 Å². The van der Waals surface area contributed by atoms with Gasteiger partial charge in [0.1, 0.15) is 0 Å². The van der Waals surface area contributed by atoms with Crippen molar-refractivity contribution in [3.8, 4) is 11.1 Å². The van der Waals surface area contributed by atoms with Gasteiger partial charge in [-0.25, -0.2) is 4.98 Å². The van der Waals surface area contributed by atoms with Crippen LogP contribution < -0.4 is 5.32 Å². The van der Waals surface area contributed by atoms with Gasteiger partial charge in [-0.05, 0) is 17.7 Å². The summed E-state index contributed by atoms with van der Waals surface area (Å²) in [6, 6.07) is 5.14. The molecule has 2 aromatic rings. The molecule has 1 aliphatic rings. The van der Waals surface area contributed by atoms with Crippen LogP contribution in [-0.2, 0) is 4.74 Å². The smallest absolute Gasteiger partial charge is 0.311 e. The van der Waals surface area contributed by atoms with E-state index in [1.54, 1.807) is 36.8 Å². The number of hydrogen-bond donors (Lipinski definition) is 1. The van der Waals surface area contributed by atoms with Gasteiger partial charge in [0.2, 0.25) is 5.82 Å². The Morgan fingerprint density at radius 3 is 2.71 bits per heavy atom. The summed E-state index contributed by atoms with van der Waals surface area (Å²) in [4.78, 5) is 21.4. The maximum Gasteiger partial charge on any atom is 0.311 e. The third kappa shape index (κ3) is 4.03. The van der Waals surface area contributed by atoms with Crippen LogP contribution in [0.5, 0.6) is 0 Å². The molecular formula is C16H19N5O3. The van der Waals surface area contributed by atoms with Gasteiger partial charge in [-0.15, -0.1) is 0 Å². The van der Waals surface area contributed by atoms with Crippen LogP contribution in [0.2, 0.25) is 0 Å². The first kappa shape index (κ1) is 16.3. The van der Waals surface area contributed by atoms with Crippen LogP contribution in [-0.4, -0.2) is 59.2 Å². The van der Waals surface area contributed by atoms with Gasteiger partial charge < -0.3 is 10.1 Å². The minimum Gasteiger partial charge on any atom is -0.379 e. The predicted octanol–water partition coefficient (Wildman–Crippen LogP) is 1.80. The third-order valence-corrected chi connectivity index (χ3v) is 3.90. The molecule has 0 radical (unpaired) electrons. The van der Waals surface area contributed by atoms with E-state index in [-0.39, 0.29) is 5.69 Å². The number of pyridine rings is 2. The lowest BCUT2D eigenvalue weighted by Crippen LogP contribution is -2.39. The molecule has 8 heteroatoms. The topological polar surface area (TPSA) is 93.4 Å². The average molecular weight is 329 g/mol. The fourth-order valence-electron chi connectivity index (χ4n) is 2.59. The van der Waals surface area contributed by atoms with Crippen LogP contribution in [0.1, 0.15) is 0 Å². The molecule has 8 nitrogen and oxygen atoms in total. The van der Waals surface area contributed by atoms with Gasteiger partial charge in [-0.2, -0.15) is 0 Å². The van der Waals surface area contributed by atoms with E-state index in [2.05, 4.69) is 20.2 Å². The Labute approximate surface area is 139 Å². The molecule has 0 aromatic carbocycles. The minimum atomic E-state index is -0.408. The fraction of sp³-hybridized carbons (Fsp3) is 0.375. The fourth-order valence-corrected chi connectivity index (χ4v) is 2.59. The summed E-state index contributed by atoms with van der Waals surface area (Å²) in [6.07, 6.45) is 4.94. The lowest BCUT2D eigenvalue weighted by Gasteiger charge is -2.26. The van der Waals surface area contributed by atoms with Crippen molar-refractivity contribution >= 4 is 11.5 Å². The number of morpholine rings is 1. The molecule has 3 rings (SSSR count). The number of nitro groups is 1. The van der Waals surface area contributed by atoms with E-state index in [1.165, 1.54) is 0 Å². The second-order valence-electron chi connectivity index (χ2n) is 5.47. The molecule has 1 N–H and O–H groups in total. The number of aromatic nitrogens is 2. The molecule has 0 amide bonds. The van der Waals surface area contributed by atoms with Crippen molar-refractivity contribution in [2.45, 2.75) is 0 Å². The van der Waals surface area contributed by atoms with Crippen molar-refractivity contribution in [3.63, 3.8) is 0 Å². The summed E-state index contributed by atoms with van der Waals surface area (Å²) in [5, 5.41) is 14.4. The van der Waals surface area contributed by atoms with Crippen molar-refractivity contribution in [2.24, 2.45) is 0 Å².